The maximum Gasteiger partial charge on any atom is 0.129 e. The fourth-order valence-corrected chi connectivity index (χ4v) is 2.20. The lowest BCUT2D eigenvalue weighted by Gasteiger charge is -2.47. The van der Waals surface area contributed by atoms with Crippen LogP contribution in [0.15, 0.2) is 12.1 Å². The van der Waals surface area contributed by atoms with Gasteiger partial charge in [0.05, 0.1) is 12.7 Å². The van der Waals surface area contributed by atoms with Crippen molar-refractivity contribution in [2.75, 3.05) is 13.1 Å². The van der Waals surface area contributed by atoms with Crippen LogP contribution in [0.4, 0.5) is 0 Å². The van der Waals surface area contributed by atoms with Gasteiger partial charge in [-0.25, -0.2) is 4.98 Å². The van der Waals surface area contributed by atoms with E-state index in [1.165, 1.54) is 0 Å². The van der Waals surface area contributed by atoms with Crippen molar-refractivity contribution < 1.29 is 4.74 Å². The molecule has 2 rings (SSSR count). The van der Waals surface area contributed by atoms with E-state index in [4.69, 9.17) is 16.3 Å². The van der Waals surface area contributed by atoms with Gasteiger partial charge in [0.25, 0.3) is 0 Å². The van der Waals surface area contributed by atoms with Gasteiger partial charge in [0.15, 0.2) is 0 Å². The third kappa shape index (κ3) is 3.22. The fraction of sp³-hybridized carbons (Fsp3) is 0.643. The van der Waals surface area contributed by atoms with Gasteiger partial charge < -0.3 is 4.74 Å². The van der Waals surface area contributed by atoms with E-state index in [9.17, 15) is 0 Å². The van der Waals surface area contributed by atoms with Crippen LogP contribution in [0, 0.1) is 6.92 Å². The average molecular weight is 269 g/mol. The number of pyridine rings is 1. The monoisotopic (exact) mass is 268 g/mol. The summed E-state index contributed by atoms with van der Waals surface area (Å²) < 4.78 is 5.89. The molecule has 0 unspecified atom stereocenters. The highest BCUT2D eigenvalue weighted by molar-refractivity contribution is 6.29. The summed E-state index contributed by atoms with van der Waals surface area (Å²) in [5.74, 6) is 0. The molecular weight excluding hydrogens is 248 g/mol. The minimum absolute atomic E-state index is 0.248. The van der Waals surface area contributed by atoms with Gasteiger partial charge in [0.1, 0.15) is 5.15 Å². The molecule has 1 aliphatic rings. The molecule has 4 heteroatoms. The van der Waals surface area contributed by atoms with E-state index in [1.807, 2.05) is 19.1 Å². The Morgan fingerprint density at radius 1 is 1.39 bits per heavy atom. The van der Waals surface area contributed by atoms with Gasteiger partial charge >= 0.3 is 0 Å². The zero-order valence-corrected chi connectivity index (χ0v) is 12.3. The van der Waals surface area contributed by atoms with Crippen molar-refractivity contribution in [3.63, 3.8) is 0 Å². The van der Waals surface area contributed by atoms with Gasteiger partial charge in [0, 0.05) is 24.3 Å². The van der Waals surface area contributed by atoms with E-state index in [0.717, 1.165) is 24.3 Å². The Balaban J connectivity index is 1.80. The first-order valence-electron chi connectivity index (χ1n) is 6.35. The molecule has 100 valence electrons. The second kappa shape index (κ2) is 5.16. The Hall–Kier alpha value is -0.640. The lowest BCUT2D eigenvalue weighted by molar-refractivity contribution is -0.0952. The largest absolute Gasteiger partial charge is 0.371 e. The number of halogens is 1. The second-order valence-corrected chi connectivity index (χ2v) is 6.27. The van der Waals surface area contributed by atoms with Crippen LogP contribution in [0.2, 0.25) is 5.15 Å². The average Bonchev–Trinajstić information content (AvgIpc) is 2.16. The van der Waals surface area contributed by atoms with Crippen molar-refractivity contribution in [2.45, 2.75) is 45.9 Å². The molecule has 0 atom stereocenters. The molecule has 1 fully saturated rings. The van der Waals surface area contributed by atoms with Crippen LogP contribution in [0.3, 0.4) is 0 Å². The van der Waals surface area contributed by atoms with Crippen LogP contribution in [0.25, 0.3) is 0 Å². The topological polar surface area (TPSA) is 25.4 Å². The van der Waals surface area contributed by atoms with E-state index in [-0.39, 0.29) is 5.54 Å². The molecule has 3 nitrogen and oxygen atoms in total. The van der Waals surface area contributed by atoms with Crippen LogP contribution in [-0.2, 0) is 11.3 Å². The van der Waals surface area contributed by atoms with Crippen molar-refractivity contribution >= 4 is 11.6 Å². The summed E-state index contributed by atoms with van der Waals surface area (Å²) in [5.41, 5.74) is 2.32. The van der Waals surface area contributed by atoms with Crippen molar-refractivity contribution in [3.8, 4) is 0 Å². The Morgan fingerprint density at radius 2 is 2.06 bits per heavy atom. The summed E-state index contributed by atoms with van der Waals surface area (Å²) >= 11 is 5.83. The van der Waals surface area contributed by atoms with Gasteiger partial charge in [-0.15, -0.1) is 0 Å². The first-order valence-corrected chi connectivity index (χ1v) is 6.73. The Bertz CT molecular complexity index is 422. The van der Waals surface area contributed by atoms with Crippen LogP contribution in [0.5, 0.6) is 0 Å². The lowest BCUT2D eigenvalue weighted by atomic mass is 9.99. The summed E-state index contributed by atoms with van der Waals surface area (Å²) in [4.78, 5) is 6.65. The maximum atomic E-state index is 5.89. The lowest BCUT2D eigenvalue weighted by Crippen LogP contribution is -2.59. The van der Waals surface area contributed by atoms with E-state index >= 15 is 0 Å². The normalized spacial score (nSPS) is 17.8. The second-order valence-electron chi connectivity index (χ2n) is 5.89. The summed E-state index contributed by atoms with van der Waals surface area (Å²) in [5, 5.41) is 0.541. The Morgan fingerprint density at radius 3 is 2.61 bits per heavy atom. The smallest absolute Gasteiger partial charge is 0.129 e. The Labute approximate surface area is 114 Å². The molecule has 0 aromatic carbocycles. The summed E-state index contributed by atoms with van der Waals surface area (Å²) in [7, 11) is 0. The number of hydrogen-bond acceptors (Lipinski definition) is 3. The molecule has 1 aliphatic heterocycles. The number of ether oxygens (including phenoxy) is 1. The molecular formula is C14H21ClN2O. The van der Waals surface area contributed by atoms with Crippen LogP contribution >= 0.6 is 11.6 Å². The quantitative estimate of drug-likeness (QED) is 0.788. The van der Waals surface area contributed by atoms with Gasteiger partial charge in [-0.1, -0.05) is 17.7 Å². The van der Waals surface area contributed by atoms with Gasteiger partial charge in [-0.3, -0.25) is 4.90 Å². The van der Waals surface area contributed by atoms with E-state index in [0.29, 0.717) is 17.9 Å². The van der Waals surface area contributed by atoms with E-state index in [1.54, 1.807) is 0 Å². The van der Waals surface area contributed by atoms with Gasteiger partial charge in [0.2, 0.25) is 0 Å². The van der Waals surface area contributed by atoms with Crippen LogP contribution < -0.4 is 0 Å². The number of hydrogen-bond donors (Lipinski definition) is 0. The predicted octanol–water partition coefficient (Wildman–Crippen LogP) is 3.04. The fourth-order valence-electron chi connectivity index (χ4n) is 2.01. The molecule has 0 saturated carbocycles. The number of aromatic nitrogens is 1. The van der Waals surface area contributed by atoms with Gasteiger partial charge in [-0.05, 0) is 39.3 Å². The highest BCUT2D eigenvalue weighted by Crippen LogP contribution is 2.23. The number of nitrogens with zero attached hydrogens (tertiary/aromatic N) is 2. The van der Waals surface area contributed by atoms with E-state index in [2.05, 4.69) is 30.7 Å². The minimum atomic E-state index is 0.248. The zero-order chi connectivity index (χ0) is 13.3. The molecule has 0 radical (unpaired) electrons. The third-order valence-corrected chi connectivity index (χ3v) is 3.64. The predicted molar refractivity (Wildman–Crippen MR) is 73.9 cm³/mol. The highest BCUT2D eigenvalue weighted by atomic mass is 35.5. The SMILES string of the molecule is Cc1nc(Cl)ccc1COC1CN(C(C)(C)C)C1. The van der Waals surface area contributed by atoms with E-state index < -0.39 is 0 Å². The van der Waals surface area contributed by atoms with Gasteiger partial charge in [-0.2, -0.15) is 0 Å². The van der Waals surface area contributed by atoms with Crippen molar-refractivity contribution in [3.05, 3.63) is 28.5 Å². The molecule has 0 aliphatic carbocycles. The number of aryl methyl sites for hydroxylation is 1. The number of likely N-dealkylation sites (tertiary alicyclic amines) is 1. The summed E-state index contributed by atoms with van der Waals surface area (Å²) in [6.45, 7) is 11.3. The van der Waals surface area contributed by atoms with Crippen LogP contribution in [-0.4, -0.2) is 34.6 Å². The maximum absolute atomic E-state index is 5.89. The van der Waals surface area contributed by atoms with Crippen molar-refractivity contribution in [1.29, 1.82) is 0 Å². The van der Waals surface area contributed by atoms with Crippen molar-refractivity contribution in [1.82, 2.24) is 9.88 Å². The molecule has 1 aromatic heterocycles. The first-order chi connectivity index (χ1) is 8.36. The molecule has 0 bridgehead atoms. The Kier molecular flexibility index (Phi) is 3.95. The number of rotatable bonds is 3. The summed E-state index contributed by atoms with van der Waals surface area (Å²) in [6, 6.07) is 3.81. The molecule has 2 heterocycles. The van der Waals surface area contributed by atoms with Crippen molar-refractivity contribution in [2.24, 2.45) is 0 Å². The molecule has 18 heavy (non-hydrogen) atoms. The molecule has 0 amide bonds. The molecule has 1 saturated heterocycles. The third-order valence-electron chi connectivity index (χ3n) is 3.43. The molecule has 0 N–H and O–H groups in total. The highest BCUT2D eigenvalue weighted by Gasteiger charge is 2.34. The summed E-state index contributed by atoms with van der Waals surface area (Å²) in [6.07, 6.45) is 0.347. The molecule has 1 aromatic rings. The standard InChI is InChI=1S/C14H21ClN2O/c1-10-11(5-6-13(15)16-10)9-18-12-7-17(8-12)14(2,3)4/h5-6,12H,7-9H2,1-4H3. The first kappa shape index (κ1) is 13.8. The van der Waals surface area contributed by atoms with Crippen LogP contribution in [0.1, 0.15) is 32.0 Å². The molecule has 0 spiro atoms. The zero-order valence-electron chi connectivity index (χ0n) is 11.5. The minimum Gasteiger partial charge on any atom is -0.371 e.